The molecule has 1 aromatic heterocycles. The van der Waals surface area contributed by atoms with Gasteiger partial charge in [-0.2, -0.15) is 0 Å². The summed E-state index contributed by atoms with van der Waals surface area (Å²) in [7, 11) is 1.77. The molecule has 0 amide bonds. The van der Waals surface area contributed by atoms with E-state index in [0.717, 1.165) is 42.6 Å². The zero-order chi connectivity index (χ0) is 18.4. The van der Waals surface area contributed by atoms with Crippen molar-refractivity contribution in [2.45, 2.75) is 6.42 Å². The van der Waals surface area contributed by atoms with Crippen LogP contribution in [0, 0.1) is 5.82 Å². The second-order valence-electron chi connectivity index (χ2n) is 5.98. The quantitative estimate of drug-likeness (QED) is 0.607. The number of aliphatic imine (C=N–C) groups is 1. The summed E-state index contributed by atoms with van der Waals surface area (Å²) in [6.07, 6.45) is 4.12. The first kappa shape index (κ1) is 18.6. The molecule has 0 atom stereocenters. The molecule has 0 aliphatic carbocycles. The Balaban J connectivity index is 1.50. The van der Waals surface area contributed by atoms with Gasteiger partial charge in [0.15, 0.2) is 5.96 Å². The maximum Gasteiger partial charge on any atom is 0.225 e. The number of rotatable bonds is 4. The van der Waals surface area contributed by atoms with Crippen molar-refractivity contribution in [2.75, 3.05) is 44.7 Å². The summed E-state index contributed by atoms with van der Waals surface area (Å²) in [5, 5.41) is 3.33. The summed E-state index contributed by atoms with van der Waals surface area (Å²) in [5.41, 5.74) is 0.688. The van der Waals surface area contributed by atoms with Gasteiger partial charge in [-0.1, -0.05) is 15.9 Å². The number of hydrogen-bond donors (Lipinski definition) is 1. The Morgan fingerprint density at radius 3 is 2.65 bits per heavy atom. The minimum atomic E-state index is -0.179. The molecule has 0 saturated carbocycles. The van der Waals surface area contributed by atoms with E-state index >= 15 is 0 Å². The minimum Gasteiger partial charge on any atom is -0.356 e. The van der Waals surface area contributed by atoms with Crippen molar-refractivity contribution in [1.29, 1.82) is 0 Å². The van der Waals surface area contributed by atoms with Gasteiger partial charge in [-0.25, -0.2) is 14.4 Å². The molecule has 2 aromatic rings. The molecule has 0 bridgehead atoms. The first-order valence-corrected chi connectivity index (χ1v) is 9.38. The molecule has 138 valence electrons. The molecule has 1 saturated heterocycles. The van der Waals surface area contributed by atoms with Gasteiger partial charge in [-0.15, -0.1) is 0 Å². The fourth-order valence-corrected chi connectivity index (χ4v) is 3.36. The van der Waals surface area contributed by atoms with E-state index in [1.54, 1.807) is 25.5 Å². The van der Waals surface area contributed by atoms with Crippen molar-refractivity contribution >= 4 is 27.8 Å². The fourth-order valence-electron chi connectivity index (χ4n) is 2.95. The zero-order valence-electron chi connectivity index (χ0n) is 14.7. The van der Waals surface area contributed by atoms with Crippen LogP contribution in [-0.2, 0) is 6.42 Å². The van der Waals surface area contributed by atoms with Crippen LogP contribution in [0.5, 0.6) is 0 Å². The maximum atomic E-state index is 13.8. The van der Waals surface area contributed by atoms with Gasteiger partial charge >= 0.3 is 0 Å². The zero-order valence-corrected chi connectivity index (χ0v) is 16.3. The summed E-state index contributed by atoms with van der Waals surface area (Å²) in [6.45, 7) is 3.98. The summed E-state index contributed by atoms with van der Waals surface area (Å²) in [6, 6.07) is 6.83. The van der Waals surface area contributed by atoms with Gasteiger partial charge < -0.3 is 15.1 Å². The van der Waals surface area contributed by atoms with Crippen molar-refractivity contribution in [2.24, 2.45) is 4.99 Å². The molecule has 2 heterocycles. The van der Waals surface area contributed by atoms with Crippen LogP contribution in [0.25, 0.3) is 0 Å². The van der Waals surface area contributed by atoms with E-state index < -0.39 is 0 Å². The van der Waals surface area contributed by atoms with Crippen LogP contribution in [0.3, 0.4) is 0 Å². The molecular formula is C18H22BrFN6. The smallest absolute Gasteiger partial charge is 0.225 e. The largest absolute Gasteiger partial charge is 0.356 e. The first-order valence-electron chi connectivity index (χ1n) is 8.59. The molecule has 0 spiro atoms. The highest BCUT2D eigenvalue weighted by Gasteiger charge is 2.20. The first-order chi connectivity index (χ1) is 12.7. The highest BCUT2D eigenvalue weighted by molar-refractivity contribution is 9.10. The van der Waals surface area contributed by atoms with Crippen LogP contribution in [0.1, 0.15) is 5.56 Å². The highest BCUT2D eigenvalue weighted by atomic mass is 79.9. The van der Waals surface area contributed by atoms with Crippen molar-refractivity contribution in [3.63, 3.8) is 0 Å². The van der Waals surface area contributed by atoms with E-state index in [-0.39, 0.29) is 5.82 Å². The highest BCUT2D eigenvalue weighted by Crippen LogP contribution is 2.16. The van der Waals surface area contributed by atoms with E-state index in [0.29, 0.717) is 18.5 Å². The van der Waals surface area contributed by atoms with Crippen LogP contribution >= 0.6 is 15.9 Å². The fraction of sp³-hybridized carbons (Fsp3) is 0.389. The third kappa shape index (κ3) is 4.69. The minimum absolute atomic E-state index is 0.179. The van der Waals surface area contributed by atoms with E-state index in [1.807, 2.05) is 12.1 Å². The average molecular weight is 421 g/mol. The van der Waals surface area contributed by atoms with Gasteiger partial charge in [0.2, 0.25) is 5.95 Å². The van der Waals surface area contributed by atoms with Crippen LogP contribution in [-0.4, -0.2) is 60.6 Å². The Bertz CT molecular complexity index is 747. The molecule has 0 unspecified atom stereocenters. The summed E-state index contributed by atoms with van der Waals surface area (Å²) >= 11 is 3.38. The van der Waals surface area contributed by atoms with Crippen molar-refractivity contribution < 1.29 is 4.39 Å². The Kier molecular flexibility index (Phi) is 6.38. The molecule has 8 heteroatoms. The third-order valence-corrected chi connectivity index (χ3v) is 4.80. The lowest BCUT2D eigenvalue weighted by Crippen LogP contribution is -2.53. The normalized spacial score (nSPS) is 15.3. The lowest BCUT2D eigenvalue weighted by molar-refractivity contribution is 0.370. The molecule has 1 aliphatic rings. The van der Waals surface area contributed by atoms with Gasteiger partial charge in [0.1, 0.15) is 5.82 Å². The molecule has 1 fully saturated rings. The van der Waals surface area contributed by atoms with Crippen molar-refractivity contribution in [1.82, 2.24) is 20.2 Å². The Labute approximate surface area is 161 Å². The molecule has 1 aliphatic heterocycles. The number of halogens is 2. The number of aromatic nitrogens is 2. The average Bonchev–Trinajstić information content (AvgIpc) is 2.69. The summed E-state index contributed by atoms with van der Waals surface area (Å²) in [5.74, 6) is 1.43. The molecule has 26 heavy (non-hydrogen) atoms. The van der Waals surface area contributed by atoms with Crippen LogP contribution in [0.15, 0.2) is 46.1 Å². The van der Waals surface area contributed by atoms with E-state index in [4.69, 9.17) is 0 Å². The molecule has 1 aromatic carbocycles. The van der Waals surface area contributed by atoms with E-state index in [9.17, 15) is 4.39 Å². The number of hydrogen-bond acceptors (Lipinski definition) is 4. The van der Waals surface area contributed by atoms with Gasteiger partial charge in [-0.05, 0) is 36.2 Å². The monoisotopic (exact) mass is 420 g/mol. The number of guanidine groups is 1. The third-order valence-electron chi connectivity index (χ3n) is 4.31. The SMILES string of the molecule is CN=C(NCCc1cc(Br)ccc1F)N1CCN(c2ncccn2)CC1. The van der Waals surface area contributed by atoms with Gasteiger partial charge in [0.05, 0.1) is 0 Å². The van der Waals surface area contributed by atoms with Gasteiger partial charge in [-0.3, -0.25) is 4.99 Å². The second kappa shape index (κ2) is 8.93. The predicted octanol–water partition coefficient (Wildman–Crippen LogP) is 2.32. The number of nitrogens with one attached hydrogen (secondary N) is 1. The number of nitrogens with zero attached hydrogens (tertiary/aromatic N) is 5. The van der Waals surface area contributed by atoms with E-state index in [1.165, 1.54) is 6.07 Å². The topological polar surface area (TPSA) is 56.7 Å². The Morgan fingerprint density at radius 1 is 1.23 bits per heavy atom. The Morgan fingerprint density at radius 2 is 1.96 bits per heavy atom. The van der Waals surface area contributed by atoms with Gasteiger partial charge in [0, 0.05) is 56.6 Å². The summed E-state index contributed by atoms with van der Waals surface area (Å²) in [4.78, 5) is 17.3. The number of anilines is 1. The number of piperazine rings is 1. The van der Waals surface area contributed by atoms with Gasteiger partial charge in [0.25, 0.3) is 0 Å². The number of benzene rings is 1. The molecular weight excluding hydrogens is 399 g/mol. The van der Waals surface area contributed by atoms with Crippen molar-refractivity contribution in [3.05, 3.63) is 52.5 Å². The predicted molar refractivity (Wildman–Crippen MR) is 105 cm³/mol. The molecule has 1 N–H and O–H groups in total. The van der Waals surface area contributed by atoms with Crippen LogP contribution in [0.2, 0.25) is 0 Å². The standard InChI is InChI=1S/C18H22BrFN6/c1-21-17(24-8-5-14-13-15(19)3-4-16(14)20)25-9-11-26(12-10-25)18-22-6-2-7-23-18/h2-4,6-7,13H,5,8-12H2,1H3,(H,21,24). The molecule has 0 radical (unpaired) electrons. The maximum absolute atomic E-state index is 13.8. The lowest BCUT2D eigenvalue weighted by Gasteiger charge is -2.36. The molecule has 3 rings (SSSR count). The van der Waals surface area contributed by atoms with Crippen LogP contribution in [0.4, 0.5) is 10.3 Å². The van der Waals surface area contributed by atoms with E-state index in [2.05, 4.69) is 46.0 Å². The molecule has 6 nitrogen and oxygen atoms in total. The van der Waals surface area contributed by atoms with Crippen molar-refractivity contribution in [3.8, 4) is 0 Å². The second-order valence-corrected chi connectivity index (χ2v) is 6.90. The summed E-state index contributed by atoms with van der Waals surface area (Å²) < 4.78 is 14.7. The Hall–Kier alpha value is -2.22. The lowest BCUT2D eigenvalue weighted by atomic mass is 10.1. The van der Waals surface area contributed by atoms with Crippen LogP contribution < -0.4 is 10.2 Å².